The molecule has 0 amide bonds. The average Bonchev–Trinajstić information content (AvgIpc) is 2.25. The fourth-order valence-electron chi connectivity index (χ4n) is 1.53. The second kappa shape index (κ2) is 6.19. The van der Waals surface area contributed by atoms with Crippen LogP contribution < -0.4 is 22.9 Å². The summed E-state index contributed by atoms with van der Waals surface area (Å²) in [7, 11) is 0. The molecule has 0 spiro atoms. The number of nitrogen functional groups attached to an aromatic ring is 2. The molecule has 0 heterocycles. The van der Waals surface area contributed by atoms with Crippen molar-refractivity contribution in [2.75, 3.05) is 11.5 Å². The van der Waals surface area contributed by atoms with Crippen LogP contribution in [0.15, 0.2) is 36.1 Å². The van der Waals surface area contributed by atoms with Crippen LogP contribution in [0.3, 0.4) is 0 Å². The number of hydrogen-bond acceptors (Lipinski definition) is 4. The van der Waals surface area contributed by atoms with Gasteiger partial charge in [-0.25, -0.2) is 0 Å². The van der Waals surface area contributed by atoms with Crippen molar-refractivity contribution in [1.29, 1.82) is 0 Å². The van der Waals surface area contributed by atoms with E-state index >= 15 is 0 Å². The smallest absolute Gasteiger partial charge is 0.0656 e. The third kappa shape index (κ3) is 5.03. The van der Waals surface area contributed by atoms with E-state index in [1.165, 1.54) is 12.1 Å². The van der Waals surface area contributed by atoms with E-state index in [0.29, 0.717) is 21.4 Å². The van der Waals surface area contributed by atoms with Crippen molar-refractivity contribution in [2.45, 2.75) is 18.9 Å². The van der Waals surface area contributed by atoms with Crippen LogP contribution >= 0.6 is 23.2 Å². The fourth-order valence-corrected chi connectivity index (χ4v) is 1.87. The van der Waals surface area contributed by atoms with Crippen LogP contribution in [0.25, 0.3) is 0 Å². The van der Waals surface area contributed by atoms with Crippen LogP contribution in [0.1, 0.15) is 13.3 Å². The summed E-state index contributed by atoms with van der Waals surface area (Å²) >= 11 is 11.2. The molecule has 0 fully saturated rings. The topological polar surface area (TPSA) is 104 Å². The summed E-state index contributed by atoms with van der Waals surface area (Å²) in [5.74, 6) is 0. The highest BCUT2D eigenvalue weighted by Gasteiger charge is 2.16. The van der Waals surface area contributed by atoms with Crippen molar-refractivity contribution < 1.29 is 0 Å². The van der Waals surface area contributed by atoms with Crippen LogP contribution in [0, 0.1) is 0 Å². The molecule has 0 aliphatic heterocycles. The van der Waals surface area contributed by atoms with E-state index in [0.717, 1.165) is 12.1 Å². The van der Waals surface area contributed by atoms with E-state index in [9.17, 15) is 0 Å². The van der Waals surface area contributed by atoms with Crippen molar-refractivity contribution in [2.24, 2.45) is 11.5 Å². The molecule has 19 heavy (non-hydrogen) atoms. The number of nitrogens with two attached hydrogens (primary N) is 4. The second-order valence-corrected chi connectivity index (χ2v) is 5.49. The standard InChI is InChI=1S/C7H12N2.C6H6Cl2N2/c1-7(9)4-2-3-6(8)5-7;7-3-1-5(9)4(8)2-6(3)10/h2-4H,5,8-9H2,1H3;1-2H,9-10H2. The fraction of sp³-hybridized carbons (Fsp3) is 0.231. The van der Waals surface area contributed by atoms with Crippen LogP contribution in [0.4, 0.5) is 11.4 Å². The Hall–Kier alpha value is -1.36. The van der Waals surface area contributed by atoms with Gasteiger partial charge in [0.15, 0.2) is 0 Å². The van der Waals surface area contributed by atoms with Gasteiger partial charge in [-0.15, -0.1) is 0 Å². The van der Waals surface area contributed by atoms with E-state index in [-0.39, 0.29) is 5.54 Å². The minimum atomic E-state index is -0.223. The van der Waals surface area contributed by atoms with Gasteiger partial charge in [0.25, 0.3) is 0 Å². The maximum absolute atomic E-state index is 5.76. The molecule has 8 N–H and O–H groups in total. The molecule has 1 aliphatic rings. The molecule has 0 saturated carbocycles. The summed E-state index contributed by atoms with van der Waals surface area (Å²) in [5.41, 5.74) is 23.7. The zero-order chi connectivity index (χ0) is 14.6. The van der Waals surface area contributed by atoms with E-state index in [1.54, 1.807) is 0 Å². The lowest BCUT2D eigenvalue weighted by atomic mass is 9.93. The Bertz CT molecular complexity index is 471. The number of halogens is 2. The SMILES string of the molecule is CC1(N)C=CC=C(N)C1.Nc1cc(Cl)c(N)cc1Cl. The van der Waals surface area contributed by atoms with Gasteiger partial charge >= 0.3 is 0 Å². The predicted molar refractivity (Wildman–Crippen MR) is 83.9 cm³/mol. The Morgan fingerprint density at radius 3 is 1.84 bits per heavy atom. The quantitative estimate of drug-likeness (QED) is 0.553. The normalized spacial score (nSPS) is 21.4. The summed E-state index contributed by atoms with van der Waals surface area (Å²) in [6, 6.07) is 3.05. The van der Waals surface area contributed by atoms with E-state index in [1.807, 2.05) is 25.2 Å². The van der Waals surface area contributed by atoms with Crippen molar-refractivity contribution in [3.8, 4) is 0 Å². The molecule has 1 aliphatic carbocycles. The molecular weight excluding hydrogens is 283 g/mol. The second-order valence-electron chi connectivity index (χ2n) is 4.68. The Balaban J connectivity index is 0.000000191. The van der Waals surface area contributed by atoms with Crippen molar-refractivity contribution >= 4 is 34.6 Å². The highest BCUT2D eigenvalue weighted by atomic mass is 35.5. The Kier molecular flexibility index (Phi) is 5.11. The van der Waals surface area contributed by atoms with Gasteiger partial charge in [0.2, 0.25) is 0 Å². The molecule has 0 saturated heterocycles. The maximum Gasteiger partial charge on any atom is 0.0656 e. The third-order valence-electron chi connectivity index (χ3n) is 2.49. The van der Waals surface area contributed by atoms with Gasteiger partial charge in [-0.3, -0.25) is 0 Å². The van der Waals surface area contributed by atoms with Gasteiger partial charge < -0.3 is 22.9 Å². The first-order valence-electron chi connectivity index (χ1n) is 5.64. The number of hydrogen-bond donors (Lipinski definition) is 4. The molecule has 6 heteroatoms. The molecule has 0 aromatic heterocycles. The predicted octanol–water partition coefficient (Wildman–Crippen LogP) is 2.66. The van der Waals surface area contributed by atoms with E-state index in [2.05, 4.69) is 0 Å². The monoisotopic (exact) mass is 300 g/mol. The van der Waals surface area contributed by atoms with Gasteiger partial charge in [-0.05, 0) is 25.1 Å². The number of rotatable bonds is 0. The van der Waals surface area contributed by atoms with Crippen molar-refractivity contribution in [3.05, 3.63) is 46.1 Å². The molecule has 104 valence electrons. The number of benzene rings is 1. The molecule has 4 nitrogen and oxygen atoms in total. The van der Waals surface area contributed by atoms with Gasteiger partial charge in [0, 0.05) is 17.7 Å². The summed E-state index contributed by atoms with van der Waals surface area (Å²) in [5, 5.41) is 0.865. The first kappa shape index (κ1) is 15.7. The first-order chi connectivity index (χ1) is 8.71. The summed E-state index contributed by atoms with van der Waals surface area (Å²) in [6.07, 6.45) is 6.51. The van der Waals surface area contributed by atoms with Crippen LogP contribution in [0.2, 0.25) is 10.0 Å². The molecule has 1 aromatic carbocycles. The molecule has 1 aromatic rings. The third-order valence-corrected chi connectivity index (χ3v) is 3.14. The lowest BCUT2D eigenvalue weighted by Crippen LogP contribution is -2.36. The van der Waals surface area contributed by atoms with Gasteiger partial charge in [0.1, 0.15) is 0 Å². The van der Waals surface area contributed by atoms with Crippen molar-refractivity contribution in [3.63, 3.8) is 0 Å². The summed E-state index contributed by atoms with van der Waals surface area (Å²) < 4.78 is 0. The van der Waals surface area contributed by atoms with Gasteiger partial charge in [0.05, 0.1) is 21.4 Å². The lowest BCUT2D eigenvalue weighted by molar-refractivity contribution is 0.569. The lowest BCUT2D eigenvalue weighted by Gasteiger charge is -2.22. The molecule has 1 atom stereocenters. The first-order valence-corrected chi connectivity index (χ1v) is 6.39. The average molecular weight is 301 g/mol. The Labute approximate surface area is 123 Å². The molecule has 0 bridgehead atoms. The molecule has 1 unspecified atom stereocenters. The Morgan fingerprint density at radius 2 is 1.53 bits per heavy atom. The molecule has 2 rings (SSSR count). The highest BCUT2D eigenvalue weighted by molar-refractivity contribution is 6.36. The Morgan fingerprint density at radius 1 is 1.05 bits per heavy atom. The number of anilines is 2. The molecular formula is C13H18Cl2N4. The largest absolute Gasteiger partial charge is 0.402 e. The van der Waals surface area contributed by atoms with Gasteiger partial charge in [-0.1, -0.05) is 35.4 Å². The highest BCUT2D eigenvalue weighted by Crippen LogP contribution is 2.28. The molecule has 0 radical (unpaired) electrons. The van der Waals surface area contributed by atoms with Crippen molar-refractivity contribution in [1.82, 2.24) is 0 Å². The number of allylic oxidation sites excluding steroid dienone is 2. The zero-order valence-electron chi connectivity index (χ0n) is 10.7. The van der Waals surface area contributed by atoms with E-state index in [4.69, 9.17) is 46.1 Å². The minimum Gasteiger partial charge on any atom is -0.402 e. The van der Waals surface area contributed by atoms with E-state index < -0.39 is 0 Å². The minimum absolute atomic E-state index is 0.223. The summed E-state index contributed by atoms with van der Waals surface area (Å²) in [4.78, 5) is 0. The van der Waals surface area contributed by atoms with Crippen LogP contribution in [0.5, 0.6) is 0 Å². The van der Waals surface area contributed by atoms with Gasteiger partial charge in [-0.2, -0.15) is 0 Å². The maximum atomic E-state index is 5.76. The van der Waals surface area contributed by atoms with Crippen LogP contribution in [-0.4, -0.2) is 5.54 Å². The van der Waals surface area contributed by atoms with Crippen LogP contribution in [-0.2, 0) is 0 Å². The zero-order valence-corrected chi connectivity index (χ0v) is 12.2. The summed E-state index contributed by atoms with van der Waals surface area (Å²) in [6.45, 7) is 1.96.